The highest BCUT2D eigenvalue weighted by molar-refractivity contribution is 5.84. The number of rotatable bonds is 5. The average Bonchev–Trinajstić information content (AvgIpc) is 2.16. The monoisotopic (exact) mass is 228 g/mol. The van der Waals surface area contributed by atoms with Gasteiger partial charge in [0.05, 0.1) is 0 Å². The van der Waals surface area contributed by atoms with E-state index in [4.69, 9.17) is 4.74 Å². The van der Waals surface area contributed by atoms with Crippen LogP contribution in [-0.2, 0) is 16.0 Å². The Kier molecular flexibility index (Phi) is 4.55. The van der Waals surface area contributed by atoms with Crippen molar-refractivity contribution in [1.29, 1.82) is 0 Å². The summed E-state index contributed by atoms with van der Waals surface area (Å²) in [5.74, 6) is -1.54. The van der Waals surface area contributed by atoms with Gasteiger partial charge in [-0.1, -0.05) is 0 Å². The molecule has 88 valence electrons. The Labute approximate surface area is 93.2 Å². The molecule has 0 aliphatic heterocycles. The molecule has 1 atom stereocenters. The van der Waals surface area contributed by atoms with Crippen LogP contribution in [-0.4, -0.2) is 18.5 Å². The summed E-state index contributed by atoms with van der Waals surface area (Å²) in [4.78, 5) is 11.6. The summed E-state index contributed by atoms with van der Waals surface area (Å²) in [5.41, 5.74) is 0.328. The highest BCUT2D eigenvalue weighted by Crippen LogP contribution is 2.10. The predicted molar refractivity (Wildman–Crippen MR) is 56.2 cm³/mol. The molecule has 0 spiro atoms. The third kappa shape index (κ3) is 3.70. The van der Waals surface area contributed by atoms with Gasteiger partial charge in [0.15, 0.2) is 5.78 Å². The molecule has 0 N–H and O–H groups in total. The van der Waals surface area contributed by atoms with Crippen LogP contribution in [0.25, 0.3) is 0 Å². The van der Waals surface area contributed by atoms with E-state index in [1.54, 1.807) is 13.8 Å². The second-order valence-electron chi connectivity index (χ2n) is 3.52. The Morgan fingerprint density at radius 2 is 1.88 bits per heavy atom. The van der Waals surface area contributed by atoms with Crippen LogP contribution >= 0.6 is 0 Å². The van der Waals surface area contributed by atoms with E-state index < -0.39 is 17.7 Å². The largest absolute Gasteiger partial charge is 0.371 e. The molecule has 4 heteroatoms. The summed E-state index contributed by atoms with van der Waals surface area (Å²) >= 11 is 0. The number of ether oxygens (including phenoxy) is 1. The lowest BCUT2D eigenvalue weighted by Gasteiger charge is -2.10. The van der Waals surface area contributed by atoms with Crippen LogP contribution in [0.15, 0.2) is 18.2 Å². The fourth-order valence-electron chi connectivity index (χ4n) is 1.40. The maximum Gasteiger partial charge on any atom is 0.165 e. The number of carbonyl (C=O) groups excluding carboxylic acids is 1. The van der Waals surface area contributed by atoms with Gasteiger partial charge in [-0.05, 0) is 31.5 Å². The molecule has 0 saturated heterocycles. The lowest BCUT2D eigenvalue weighted by Crippen LogP contribution is -2.22. The fraction of sp³-hybridized carbons (Fsp3) is 0.417. The zero-order chi connectivity index (χ0) is 12.1. The first-order valence-electron chi connectivity index (χ1n) is 5.12. The van der Waals surface area contributed by atoms with Crippen LogP contribution in [0.4, 0.5) is 8.78 Å². The molecule has 0 aromatic heterocycles. The van der Waals surface area contributed by atoms with Crippen LogP contribution < -0.4 is 0 Å². The van der Waals surface area contributed by atoms with E-state index >= 15 is 0 Å². The summed E-state index contributed by atoms with van der Waals surface area (Å²) in [6.07, 6.45) is -0.563. The van der Waals surface area contributed by atoms with Gasteiger partial charge in [-0.25, -0.2) is 8.78 Å². The van der Waals surface area contributed by atoms with Gasteiger partial charge in [0, 0.05) is 19.1 Å². The Balaban J connectivity index is 2.69. The van der Waals surface area contributed by atoms with Crippen molar-refractivity contribution in [3.8, 4) is 0 Å². The lowest BCUT2D eigenvalue weighted by molar-refractivity contribution is -0.128. The van der Waals surface area contributed by atoms with Crippen molar-refractivity contribution in [3.05, 3.63) is 35.4 Å². The topological polar surface area (TPSA) is 26.3 Å². The van der Waals surface area contributed by atoms with Crippen molar-refractivity contribution in [1.82, 2.24) is 0 Å². The van der Waals surface area contributed by atoms with Gasteiger partial charge >= 0.3 is 0 Å². The highest BCUT2D eigenvalue weighted by Gasteiger charge is 2.14. The fourth-order valence-corrected chi connectivity index (χ4v) is 1.40. The maximum atomic E-state index is 12.8. The molecule has 0 aliphatic rings. The number of hydrogen-bond acceptors (Lipinski definition) is 2. The first-order chi connectivity index (χ1) is 7.52. The molecule has 0 saturated carbocycles. The molecule has 2 nitrogen and oxygen atoms in total. The zero-order valence-corrected chi connectivity index (χ0v) is 9.30. The highest BCUT2D eigenvalue weighted by atomic mass is 19.1. The van der Waals surface area contributed by atoms with Gasteiger partial charge in [-0.15, -0.1) is 0 Å². The minimum absolute atomic E-state index is 0.0180. The molecule has 1 aromatic carbocycles. The van der Waals surface area contributed by atoms with Gasteiger partial charge < -0.3 is 4.74 Å². The minimum atomic E-state index is -0.674. The molecular formula is C12H14F2O2. The second-order valence-corrected chi connectivity index (χ2v) is 3.52. The number of halogens is 2. The minimum Gasteiger partial charge on any atom is -0.371 e. The van der Waals surface area contributed by atoms with Crippen molar-refractivity contribution in [2.75, 3.05) is 6.61 Å². The van der Waals surface area contributed by atoms with E-state index in [0.717, 1.165) is 18.2 Å². The molecule has 0 fully saturated rings. The van der Waals surface area contributed by atoms with Crippen molar-refractivity contribution in [3.63, 3.8) is 0 Å². The summed E-state index contributed by atoms with van der Waals surface area (Å²) < 4.78 is 30.8. The third-order valence-electron chi connectivity index (χ3n) is 2.17. The number of Topliss-reactive ketones (excluding diaryl/α,β-unsaturated/α-hetero) is 1. The Bertz CT molecular complexity index is 357. The molecule has 0 aliphatic carbocycles. The number of benzene rings is 1. The number of ketones is 1. The van der Waals surface area contributed by atoms with Crippen molar-refractivity contribution >= 4 is 5.78 Å². The summed E-state index contributed by atoms with van der Waals surface area (Å²) in [5, 5.41) is 0. The second kappa shape index (κ2) is 5.70. The van der Waals surface area contributed by atoms with Gasteiger partial charge in [0.1, 0.15) is 17.7 Å². The van der Waals surface area contributed by atoms with Crippen LogP contribution in [0, 0.1) is 11.6 Å². The zero-order valence-electron chi connectivity index (χ0n) is 9.30. The molecule has 0 heterocycles. The molecule has 1 rings (SSSR count). The lowest BCUT2D eigenvalue weighted by atomic mass is 10.1. The van der Waals surface area contributed by atoms with Crippen LogP contribution in [0.1, 0.15) is 19.4 Å². The first-order valence-corrected chi connectivity index (χ1v) is 5.12. The molecule has 1 unspecified atom stereocenters. The Morgan fingerprint density at radius 3 is 2.38 bits per heavy atom. The SMILES string of the molecule is CCOC(C)C(=O)Cc1cc(F)cc(F)c1. The van der Waals surface area contributed by atoms with Gasteiger partial charge in [0.25, 0.3) is 0 Å². The average molecular weight is 228 g/mol. The van der Waals surface area contributed by atoms with E-state index in [2.05, 4.69) is 0 Å². The summed E-state index contributed by atoms with van der Waals surface area (Å²) in [6.45, 7) is 3.84. The van der Waals surface area contributed by atoms with E-state index in [-0.39, 0.29) is 12.2 Å². The molecule has 1 aromatic rings. The molecule has 0 amide bonds. The van der Waals surface area contributed by atoms with E-state index in [1.165, 1.54) is 0 Å². The normalized spacial score (nSPS) is 12.5. The van der Waals surface area contributed by atoms with Crippen LogP contribution in [0.5, 0.6) is 0 Å². The first kappa shape index (κ1) is 12.8. The van der Waals surface area contributed by atoms with Gasteiger partial charge in [-0.3, -0.25) is 4.79 Å². The van der Waals surface area contributed by atoms with E-state index in [0.29, 0.717) is 12.2 Å². The van der Waals surface area contributed by atoms with Crippen LogP contribution in [0.3, 0.4) is 0 Å². The smallest absolute Gasteiger partial charge is 0.165 e. The summed E-state index contributed by atoms with van der Waals surface area (Å²) in [6, 6.07) is 3.08. The quantitative estimate of drug-likeness (QED) is 0.774. The Morgan fingerprint density at radius 1 is 1.31 bits per heavy atom. The Hall–Kier alpha value is -1.29. The van der Waals surface area contributed by atoms with Crippen LogP contribution in [0.2, 0.25) is 0 Å². The molecule has 0 radical (unpaired) electrons. The van der Waals surface area contributed by atoms with Crippen molar-refractivity contribution < 1.29 is 18.3 Å². The molecule has 16 heavy (non-hydrogen) atoms. The van der Waals surface area contributed by atoms with Crippen molar-refractivity contribution in [2.24, 2.45) is 0 Å². The predicted octanol–water partition coefficient (Wildman–Crippen LogP) is 2.50. The maximum absolute atomic E-state index is 12.8. The third-order valence-corrected chi connectivity index (χ3v) is 2.17. The number of hydrogen-bond donors (Lipinski definition) is 0. The number of carbonyl (C=O) groups is 1. The van der Waals surface area contributed by atoms with E-state index in [1.807, 2.05) is 0 Å². The summed E-state index contributed by atoms with van der Waals surface area (Å²) in [7, 11) is 0. The molecule has 0 bridgehead atoms. The van der Waals surface area contributed by atoms with Gasteiger partial charge in [0.2, 0.25) is 0 Å². The molecular weight excluding hydrogens is 214 g/mol. The standard InChI is InChI=1S/C12H14F2O2/c1-3-16-8(2)12(15)6-9-4-10(13)7-11(14)5-9/h4-5,7-8H,3,6H2,1-2H3. The van der Waals surface area contributed by atoms with E-state index in [9.17, 15) is 13.6 Å². The van der Waals surface area contributed by atoms with Gasteiger partial charge in [-0.2, -0.15) is 0 Å². The van der Waals surface area contributed by atoms with Crippen molar-refractivity contribution in [2.45, 2.75) is 26.4 Å².